The maximum absolute atomic E-state index is 13.6. The van der Waals surface area contributed by atoms with E-state index in [9.17, 15) is 17.6 Å². The predicted molar refractivity (Wildman–Crippen MR) is 109 cm³/mol. The molecule has 0 bridgehead atoms. The van der Waals surface area contributed by atoms with Crippen LogP contribution >= 0.6 is 11.3 Å². The first-order valence-electron chi connectivity index (χ1n) is 9.31. The second-order valence-corrected chi connectivity index (χ2v) is 10.2. The third kappa shape index (κ3) is 5.59. The number of sulfonamides is 1. The Bertz CT molecular complexity index is 938. The lowest BCUT2D eigenvalue weighted by Crippen LogP contribution is -2.30. The first-order chi connectivity index (χ1) is 13.3. The largest absolute Gasteiger partial charge is 0.302 e. The van der Waals surface area contributed by atoms with E-state index >= 15 is 0 Å². The van der Waals surface area contributed by atoms with Crippen LogP contribution < -0.4 is 5.32 Å². The SMILES string of the molecule is Cc1ccc(Cc2cnc(NC(=O)CCCS(=O)(=O)N3CCCC3)s2)cc1F. The molecule has 28 heavy (non-hydrogen) atoms. The molecule has 0 saturated carbocycles. The number of thiazole rings is 1. The second-order valence-electron chi connectivity index (χ2n) is 6.97. The summed E-state index contributed by atoms with van der Waals surface area (Å²) in [6.45, 7) is 2.89. The number of aromatic nitrogens is 1. The van der Waals surface area contributed by atoms with E-state index in [1.807, 2.05) is 6.07 Å². The van der Waals surface area contributed by atoms with E-state index in [0.29, 0.717) is 30.2 Å². The number of aryl methyl sites for hydroxylation is 1. The summed E-state index contributed by atoms with van der Waals surface area (Å²) in [4.78, 5) is 17.2. The third-order valence-corrected chi connectivity index (χ3v) is 7.55. The zero-order chi connectivity index (χ0) is 20.1. The van der Waals surface area contributed by atoms with Crippen LogP contribution in [0.2, 0.25) is 0 Å². The number of hydrogen-bond acceptors (Lipinski definition) is 5. The number of benzene rings is 1. The van der Waals surface area contributed by atoms with Gasteiger partial charge in [0.1, 0.15) is 5.82 Å². The van der Waals surface area contributed by atoms with E-state index in [1.165, 1.54) is 21.7 Å². The fourth-order valence-corrected chi connectivity index (χ4v) is 5.53. The van der Waals surface area contributed by atoms with Crippen molar-refractivity contribution in [2.45, 2.75) is 39.0 Å². The average molecular weight is 426 g/mol. The molecule has 0 spiro atoms. The number of hydrogen-bond donors (Lipinski definition) is 1. The maximum Gasteiger partial charge on any atom is 0.226 e. The molecule has 1 aliphatic rings. The summed E-state index contributed by atoms with van der Waals surface area (Å²) < 4.78 is 39.5. The number of carbonyl (C=O) groups excluding carboxylic acids is 1. The molecule has 6 nitrogen and oxygen atoms in total. The van der Waals surface area contributed by atoms with Crippen molar-refractivity contribution < 1.29 is 17.6 Å². The van der Waals surface area contributed by atoms with Gasteiger partial charge in [-0.2, -0.15) is 0 Å². The molecule has 1 N–H and O–H groups in total. The van der Waals surface area contributed by atoms with Crippen molar-refractivity contribution in [2.24, 2.45) is 0 Å². The molecule has 1 aromatic heterocycles. The highest BCUT2D eigenvalue weighted by molar-refractivity contribution is 7.89. The third-order valence-electron chi connectivity index (χ3n) is 4.68. The molecule has 1 fully saturated rings. The molecule has 1 aromatic carbocycles. The zero-order valence-electron chi connectivity index (χ0n) is 15.8. The Balaban J connectivity index is 1.46. The standard InChI is InChI=1S/C19H24FN3O3S2/c1-14-6-7-15(12-17(14)20)11-16-13-21-19(27-16)22-18(24)5-4-10-28(25,26)23-8-2-3-9-23/h6-7,12-13H,2-5,8-11H2,1H3,(H,21,22,24). The number of amides is 1. The van der Waals surface area contributed by atoms with Gasteiger partial charge in [0, 0.05) is 37.0 Å². The highest BCUT2D eigenvalue weighted by atomic mass is 32.2. The first-order valence-corrected chi connectivity index (χ1v) is 11.7. The van der Waals surface area contributed by atoms with E-state index < -0.39 is 10.0 Å². The molecule has 1 saturated heterocycles. The Morgan fingerprint density at radius 1 is 1.32 bits per heavy atom. The van der Waals surface area contributed by atoms with Gasteiger partial charge in [0.05, 0.1) is 5.75 Å². The van der Waals surface area contributed by atoms with Gasteiger partial charge in [0.25, 0.3) is 0 Å². The maximum atomic E-state index is 13.6. The summed E-state index contributed by atoms with van der Waals surface area (Å²) in [5, 5.41) is 3.18. The van der Waals surface area contributed by atoms with Crippen LogP contribution in [0.1, 0.15) is 41.7 Å². The lowest BCUT2D eigenvalue weighted by Gasteiger charge is -2.14. The Morgan fingerprint density at radius 2 is 2.07 bits per heavy atom. The highest BCUT2D eigenvalue weighted by Gasteiger charge is 2.24. The molecule has 3 rings (SSSR count). The molecule has 2 aromatic rings. The fraction of sp³-hybridized carbons (Fsp3) is 0.474. The van der Waals surface area contributed by atoms with Gasteiger partial charge in [-0.1, -0.05) is 12.1 Å². The van der Waals surface area contributed by atoms with Gasteiger partial charge in [0.2, 0.25) is 15.9 Å². The van der Waals surface area contributed by atoms with Crippen molar-refractivity contribution in [3.8, 4) is 0 Å². The molecule has 1 aliphatic heterocycles. The van der Waals surface area contributed by atoms with Crippen LogP contribution in [0.4, 0.5) is 9.52 Å². The molecule has 0 atom stereocenters. The van der Waals surface area contributed by atoms with Crippen LogP contribution in [0.5, 0.6) is 0 Å². The van der Waals surface area contributed by atoms with E-state index in [-0.39, 0.29) is 30.3 Å². The van der Waals surface area contributed by atoms with Gasteiger partial charge in [-0.15, -0.1) is 11.3 Å². The molecule has 0 radical (unpaired) electrons. The second kappa shape index (κ2) is 9.11. The number of anilines is 1. The lowest BCUT2D eigenvalue weighted by atomic mass is 10.1. The van der Waals surface area contributed by atoms with Crippen molar-refractivity contribution in [3.05, 3.63) is 46.2 Å². The van der Waals surface area contributed by atoms with Gasteiger partial charge < -0.3 is 5.32 Å². The van der Waals surface area contributed by atoms with Gasteiger partial charge >= 0.3 is 0 Å². The Labute approximate surface area is 168 Å². The molecular weight excluding hydrogens is 401 g/mol. The topological polar surface area (TPSA) is 79.4 Å². The van der Waals surface area contributed by atoms with E-state index in [4.69, 9.17) is 0 Å². The van der Waals surface area contributed by atoms with Gasteiger partial charge in [-0.25, -0.2) is 22.1 Å². The minimum absolute atomic E-state index is 0.0114. The van der Waals surface area contributed by atoms with Crippen LogP contribution in [0.15, 0.2) is 24.4 Å². The van der Waals surface area contributed by atoms with Crippen LogP contribution in [0, 0.1) is 12.7 Å². The van der Waals surface area contributed by atoms with Crippen molar-refractivity contribution >= 4 is 32.4 Å². The fourth-order valence-electron chi connectivity index (χ4n) is 3.09. The predicted octanol–water partition coefficient (Wildman–Crippen LogP) is 3.33. The van der Waals surface area contributed by atoms with E-state index in [0.717, 1.165) is 23.3 Å². The molecule has 0 unspecified atom stereocenters. The normalized spacial score (nSPS) is 15.1. The van der Waals surface area contributed by atoms with Crippen molar-refractivity contribution in [3.63, 3.8) is 0 Å². The summed E-state index contributed by atoms with van der Waals surface area (Å²) in [6.07, 6.45) is 4.42. The summed E-state index contributed by atoms with van der Waals surface area (Å²) in [5.74, 6) is -0.499. The number of nitrogens with one attached hydrogen (secondary N) is 1. The number of halogens is 1. The zero-order valence-corrected chi connectivity index (χ0v) is 17.4. The van der Waals surface area contributed by atoms with Crippen LogP contribution in [-0.4, -0.2) is 42.5 Å². The molecule has 9 heteroatoms. The Hall–Kier alpha value is -1.84. The molecular formula is C19H24FN3O3S2. The Morgan fingerprint density at radius 3 is 2.79 bits per heavy atom. The summed E-state index contributed by atoms with van der Waals surface area (Å²) in [6, 6.07) is 5.12. The van der Waals surface area contributed by atoms with Gasteiger partial charge in [-0.3, -0.25) is 4.79 Å². The van der Waals surface area contributed by atoms with Gasteiger partial charge in [0.15, 0.2) is 5.13 Å². The highest BCUT2D eigenvalue weighted by Crippen LogP contribution is 2.22. The molecule has 2 heterocycles. The number of rotatable bonds is 8. The summed E-state index contributed by atoms with van der Waals surface area (Å²) in [5.41, 5.74) is 1.45. The van der Waals surface area contributed by atoms with Crippen molar-refractivity contribution in [1.29, 1.82) is 0 Å². The first kappa shape index (κ1) is 20.9. The van der Waals surface area contributed by atoms with Crippen LogP contribution in [0.3, 0.4) is 0 Å². The number of nitrogens with zero attached hydrogens (tertiary/aromatic N) is 2. The molecule has 1 amide bonds. The average Bonchev–Trinajstić information content (AvgIpc) is 3.30. The monoisotopic (exact) mass is 425 g/mol. The van der Waals surface area contributed by atoms with E-state index in [1.54, 1.807) is 19.2 Å². The summed E-state index contributed by atoms with van der Waals surface area (Å²) >= 11 is 1.33. The minimum Gasteiger partial charge on any atom is -0.302 e. The molecule has 152 valence electrons. The molecule has 0 aliphatic carbocycles. The van der Waals surface area contributed by atoms with Crippen molar-refractivity contribution in [2.75, 3.05) is 24.2 Å². The smallest absolute Gasteiger partial charge is 0.226 e. The number of carbonyl (C=O) groups is 1. The Kier molecular flexibility index (Phi) is 6.79. The van der Waals surface area contributed by atoms with Crippen LogP contribution in [-0.2, 0) is 21.2 Å². The quantitative estimate of drug-likeness (QED) is 0.704. The van der Waals surface area contributed by atoms with Crippen molar-refractivity contribution in [1.82, 2.24) is 9.29 Å². The van der Waals surface area contributed by atoms with Gasteiger partial charge in [-0.05, 0) is 43.4 Å². The van der Waals surface area contributed by atoms with E-state index in [2.05, 4.69) is 10.3 Å². The van der Waals surface area contributed by atoms with Crippen LogP contribution in [0.25, 0.3) is 0 Å². The summed E-state index contributed by atoms with van der Waals surface area (Å²) in [7, 11) is -3.26. The minimum atomic E-state index is -3.26. The lowest BCUT2D eigenvalue weighted by molar-refractivity contribution is -0.116.